The summed E-state index contributed by atoms with van der Waals surface area (Å²) in [6.07, 6.45) is 3.08. The molecule has 0 aliphatic heterocycles. The largest absolute Gasteiger partial charge is 0.507 e. The molecule has 0 spiro atoms. The van der Waals surface area contributed by atoms with Crippen molar-refractivity contribution in [3.8, 4) is 17.2 Å². The summed E-state index contributed by atoms with van der Waals surface area (Å²) >= 11 is 0. The van der Waals surface area contributed by atoms with Crippen LogP contribution in [0.2, 0.25) is 0 Å². The number of aromatic hydroxyl groups is 1. The molecule has 0 saturated heterocycles. The third kappa shape index (κ3) is 3.42. The fourth-order valence-electron chi connectivity index (χ4n) is 1.91. The summed E-state index contributed by atoms with van der Waals surface area (Å²) in [5.41, 5.74) is 1.02. The monoisotopic (exact) mass is 284 g/mol. The lowest BCUT2D eigenvalue weighted by atomic mass is 10.1. The van der Waals surface area contributed by atoms with Gasteiger partial charge in [-0.3, -0.25) is 4.79 Å². The highest BCUT2D eigenvalue weighted by atomic mass is 16.5. The van der Waals surface area contributed by atoms with E-state index >= 15 is 0 Å². The van der Waals surface area contributed by atoms with E-state index in [0.29, 0.717) is 5.75 Å². The number of carbonyl (C=O) groups is 1. The SMILES string of the molecule is COc1ccc(C=CC(=O)c2c(O)cccc2OC)cc1. The predicted octanol–water partition coefficient (Wildman–Crippen LogP) is 3.31. The van der Waals surface area contributed by atoms with Crippen molar-refractivity contribution >= 4 is 11.9 Å². The van der Waals surface area contributed by atoms with Gasteiger partial charge in [-0.05, 0) is 35.9 Å². The normalized spacial score (nSPS) is 10.6. The molecule has 0 aliphatic carbocycles. The van der Waals surface area contributed by atoms with Crippen LogP contribution in [0.15, 0.2) is 48.5 Å². The van der Waals surface area contributed by atoms with Gasteiger partial charge >= 0.3 is 0 Å². The summed E-state index contributed by atoms with van der Waals surface area (Å²) in [5, 5.41) is 9.81. The van der Waals surface area contributed by atoms with Gasteiger partial charge in [-0.15, -0.1) is 0 Å². The van der Waals surface area contributed by atoms with E-state index in [2.05, 4.69) is 0 Å². The lowest BCUT2D eigenvalue weighted by Crippen LogP contribution is -1.99. The van der Waals surface area contributed by atoms with Gasteiger partial charge in [-0.1, -0.05) is 24.3 Å². The Morgan fingerprint density at radius 2 is 1.76 bits per heavy atom. The van der Waals surface area contributed by atoms with Gasteiger partial charge < -0.3 is 14.6 Å². The maximum Gasteiger partial charge on any atom is 0.193 e. The van der Waals surface area contributed by atoms with Gasteiger partial charge in [0.1, 0.15) is 22.8 Å². The number of allylic oxidation sites excluding steroid dienone is 1. The molecule has 2 aromatic carbocycles. The van der Waals surface area contributed by atoms with Crippen LogP contribution < -0.4 is 9.47 Å². The topological polar surface area (TPSA) is 55.8 Å². The van der Waals surface area contributed by atoms with E-state index in [1.54, 1.807) is 25.3 Å². The number of methoxy groups -OCH3 is 2. The summed E-state index contributed by atoms with van der Waals surface area (Å²) in [6, 6.07) is 12.0. The number of benzene rings is 2. The Morgan fingerprint density at radius 3 is 2.38 bits per heavy atom. The van der Waals surface area contributed by atoms with Crippen LogP contribution in [-0.4, -0.2) is 25.1 Å². The van der Waals surface area contributed by atoms with Crippen LogP contribution in [0.25, 0.3) is 6.08 Å². The number of carbonyl (C=O) groups excluding carboxylic acids is 1. The Labute approximate surface area is 123 Å². The Morgan fingerprint density at radius 1 is 1.05 bits per heavy atom. The van der Waals surface area contributed by atoms with Crippen LogP contribution in [0.5, 0.6) is 17.2 Å². The average molecular weight is 284 g/mol. The minimum atomic E-state index is -0.319. The van der Waals surface area contributed by atoms with E-state index in [-0.39, 0.29) is 17.1 Å². The van der Waals surface area contributed by atoms with E-state index in [1.165, 1.54) is 19.3 Å². The molecule has 0 saturated carbocycles. The number of hydrogen-bond acceptors (Lipinski definition) is 4. The van der Waals surface area contributed by atoms with Gasteiger partial charge in [0.25, 0.3) is 0 Å². The zero-order valence-electron chi connectivity index (χ0n) is 11.9. The van der Waals surface area contributed by atoms with Crippen LogP contribution in [0, 0.1) is 0 Å². The number of phenolic OH excluding ortho intramolecular Hbond substituents is 1. The zero-order valence-corrected chi connectivity index (χ0v) is 11.9. The molecule has 0 aliphatic rings. The zero-order chi connectivity index (χ0) is 15.2. The molecule has 0 fully saturated rings. The minimum absolute atomic E-state index is 0.0984. The van der Waals surface area contributed by atoms with Gasteiger partial charge in [0.15, 0.2) is 5.78 Å². The molecule has 0 radical (unpaired) electrons. The van der Waals surface area contributed by atoms with Crippen molar-refractivity contribution in [2.75, 3.05) is 14.2 Å². The van der Waals surface area contributed by atoms with E-state index in [0.717, 1.165) is 11.3 Å². The van der Waals surface area contributed by atoms with Gasteiger partial charge in [0.05, 0.1) is 14.2 Å². The first-order valence-corrected chi connectivity index (χ1v) is 6.38. The Bertz CT molecular complexity index is 657. The van der Waals surface area contributed by atoms with Crippen molar-refractivity contribution in [2.45, 2.75) is 0 Å². The number of hydrogen-bond donors (Lipinski definition) is 1. The summed E-state index contributed by atoms with van der Waals surface area (Å²) in [7, 11) is 3.05. The van der Waals surface area contributed by atoms with E-state index in [1.807, 2.05) is 24.3 Å². The Balaban J connectivity index is 2.23. The molecule has 0 bridgehead atoms. The first-order valence-electron chi connectivity index (χ1n) is 6.38. The molecular weight excluding hydrogens is 268 g/mol. The smallest absolute Gasteiger partial charge is 0.193 e. The number of ether oxygens (including phenoxy) is 2. The fourth-order valence-corrected chi connectivity index (χ4v) is 1.91. The van der Waals surface area contributed by atoms with Crippen LogP contribution >= 0.6 is 0 Å². The quantitative estimate of drug-likeness (QED) is 0.676. The molecule has 21 heavy (non-hydrogen) atoms. The van der Waals surface area contributed by atoms with Gasteiger partial charge in [-0.25, -0.2) is 0 Å². The van der Waals surface area contributed by atoms with Gasteiger partial charge in [-0.2, -0.15) is 0 Å². The Kier molecular flexibility index (Phi) is 4.61. The fraction of sp³-hybridized carbons (Fsp3) is 0.118. The first kappa shape index (κ1) is 14.7. The summed E-state index contributed by atoms with van der Waals surface area (Å²) < 4.78 is 10.2. The molecule has 4 heteroatoms. The second-order valence-electron chi connectivity index (χ2n) is 4.33. The summed E-state index contributed by atoms with van der Waals surface area (Å²) in [5.74, 6) is 0.680. The first-order chi connectivity index (χ1) is 10.2. The molecule has 0 heterocycles. The van der Waals surface area contributed by atoms with Crippen molar-refractivity contribution in [1.29, 1.82) is 0 Å². The van der Waals surface area contributed by atoms with E-state index < -0.39 is 0 Å². The van der Waals surface area contributed by atoms with Crippen LogP contribution in [-0.2, 0) is 0 Å². The summed E-state index contributed by atoms with van der Waals surface area (Å²) in [4.78, 5) is 12.2. The highest BCUT2D eigenvalue weighted by Gasteiger charge is 2.14. The molecule has 1 N–H and O–H groups in total. The maximum absolute atomic E-state index is 12.2. The second kappa shape index (κ2) is 6.61. The lowest BCUT2D eigenvalue weighted by molar-refractivity contribution is 0.104. The predicted molar refractivity (Wildman–Crippen MR) is 81.0 cm³/mol. The molecular formula is C17H16O4. The van der Waals surface area contributed by atoms with Crippen LogP contribution in [0.1, 0.15) is 15.9 Å². The number of ketones is 1. The van der Waals surface area contributed by atoms with Gasteiger partial charge in [0, 0.05) is 0 Å². The van der Waals surface area contributed by atoms with Crippen molar-refractivity contribution in [3.05, 3.63) is 59.7 Å². The number of rotatable bonds is 5. The highest BCUT2D eigenvalue weighted by molar-refractivity contribution is 6.10. The second-order valence-corrected chi connectivity index (χ2v) is 4.33. The van der Waals surface area contributed by atoms with Gasteiger partial charge in [0.2, 0.25) is 0 Å². The highest BCUT2D eigenvalue weighted by Crippen LogP contribution is 2.28. The van der Waals surface area contributed by atoms with Crippen LogP contribution in [0.3, 0.4) is 0 Å². The standard InChI is InChI=1S/C17H16O4/c1-20-13-9-6-12(7-10-13)8-11-15(19)17-14(18)4-3-5-16(17)21-2/h3-11,18H,1-2H3. The third-order valence-electron chi connectivity index (χ3n) is 3.01. The van der Waals surface area contributed by atoms with Crippen molar-refractivity contribution in [2.24, 2.45) is 0 Å². The molecule has 0 unspecified atom stereocenters. The molecule has 0 aromatic heterocycles. The lowest BCUT2D eigenvalue weighted by Gasteiger charge is -2.07. The van der Waals surface area contributed by atoms with Crippen molar-refractivity contribution in [1.82, 2.24) is 0 Å². The summed E-state index contributed by atoms with van der Waals surface area (Å²) in [6.45, 7) is 0. The minimum Gasteiger partial charge on any atom is -0.507 e. The molecule has 2 aromatic rings. The number of phenols is 1. The third-order valence-corrected chi connectivity index (χ3v) is 3.01. The Hall–Kier alpha value is -2.75. The average Bonchev–Trinajstić information content (AvgIpc) is 2.52. The van der Waals surface area contributed by atoms with E-state index in [4.69, 9.17) is 9.47 Å². The van der Waals surface area contributed by atoms with Crippen LogP contribution in [0.4, 0.5) is 0 Å². The molecule has 2 rings (SSSR count). The molecule has 0 amide bonds. The van der Waals surface area contributed by atoms with Crippen molar-refractivity contribution < 1.29 is 19.4 Å². The maximum atomic E-state index is 12.2. The van der Waals surface area contributed by atoms with Crippen molar-refractivity contribution in [3.63, 3.8) is 0 Å². The molecule has 4 nitrogen and oxygen atoms in total. The molecule has 0 atom stereocenters. The van der Waals surface area contributed by atoms with E-state index in [9.17, 15) is 9.90 Å². The molecule has 108 valence electrons.